The highest BCUT2D eigenvalue weighted by Gasteiger charge is 2.01. The van der Waals surface area contributed by atoms with Crippen LogP contribution in [-0.2, 0) is 6.42 Å². The molecule has 4 N–H and O–H groups in total. The summed E-state index contributed by atoms with van der Waals surface area (Å²) in [7, 11) is 0. The number of hydrogen-bond donors (Lipinski definition) is 3. The van der Waals surface area contributed by atoms with Gasteiger partial charge in [0.25, 0.3) is 0 Å². The third kappa shape index (κ3) is 3.66. The number of nitrogen functional groups attached to an aromatic ring is 1. The lowest BCUT2D eigenvalue weighted by Gasteiger charge is -2.09. The minimum Gasteiger partial charge on any atom is -0.340 e. The van der Waals surface area contributed by atoms with Gasteiger partial charge in [-0.25, -0.2) is 15.8 Å². The highest BCUT2D eigenvalue weighted by Crippen LogP contribution is 2.18. The van der Waals surface area contributed by atoms with Crippen molar-refractivity contribution in [3.05, 3.63) is 41.7 Å². The number of hydrogen-bond acceptors (Lipinski definition) is 5. The maximum Gasteiger partial charge on any atom is 0.145 e. The van der Waals surface area contributed by atoms with Gasteiger partial charge in [-0.1, -0.05) is 25.5 Å². The first-order valence-corrected chi connectivity index (χ1v) is 6.39. The second kappa shape index (κ2) is 6.15. The van der Waals surface area contributed by atoms with Crippen molar-refractivity contribution in [3.63, 3.8) is 0 Å². The van der Waals surface area contributed by atoms with E-state index in [9.17, 15) is 0 Å². The fourth-order valence-electron chi connectivity index (χ4n) is 1.90. The van der Waals surface area contributed by atoms with Crippen molar-refractivity contribution >= 4 is 17.3 Å². The largest absolute Gasteiger partial charge is 0.340 e. The van der Waals surface area contributed by atoms with E-state index >= 15 is 0 Å². The van der Waals surface area contributed by atoms with Gasteiger partial charge < -0.3 is 10.7 Å². The van der Waals surface area contributed by atoms with Crippen LogP contribution >= 0.6 is 0 Å². The normalized spacial score (nSPS) is 10.3. The molecule has 2 rings (SSSR count). The number of rotatable bonds is 5. The summed E-state index contributed by atoms with van der Waals surface area (Å²) in [4.78, 5) is 8.46. The molecule has 5 heteroatoms. The van der Waals surface area contributed by atoms with Gasteiger partial charge in [0, 0.05) is 11.8 Å². The molecule has 19 heavy (non-hydrogen) atoms. The monoisotopic (exact) mass is 257 g/mol. The topological polar surface area (TPSA) is 75.9 Å². The fraction of sp³-hybridized carbons (Fsp3) is 0.286. The van der Waals surface area contributed by atoms with E-state index in [1.807, 2.05) is 6.92 Å². The number of hydrazine groups is 1. The van der Waals surface area contributed by atoms with E-state index in [1.165, 1.54) is 5.56 Å². The Hall–Kier alpha value is -2.14. The SMILES string of the molecule is CCCc1ccc(Nc2cc(NN)nc(C)n2)cc1. The number of aryl methyl sites for hydroxylation is 2. The molecule has 0 fully saturated rings. The van der Waals surface area contributed by atoms with Gasteiger partial charge in [0.1, 0.15) is 17.5 Å². The number of nitrogens with two attached hydrogens (primary N) is 1. The number of nitrogens with zero attached hydrogens (tertiary/aromatic N) is 2. The quantitative estimate of drug-likeness (QED) is 0.567. The summed E-state index contributed by atoms with van der Waals surface area (Å²) in [5, 5.41) is 3.24. The second-order valence-corrected chi connectivity index (χ2v) is 4.40. The Morgan fingerprint density at radius 2 is 1.79 bits per heavy atom. The van der Waals surface area contributed by atoms with Crippen molar-refractivity contribution in [2.45, 2.75) is 26.7 Å². The number of nitrogens with one attached hydrogen (secondary N) is 2. The summed E-state index contributed by atoms with van der Waals surface area (Å²) in [6.45, 7) is 4.01. The highest BCUT2D eigenvalue weighted by atomic mass is 15.3. The molecule has 1 aromatic heterocycles. The summed E-state index contributed by atoms with van der Waals surface area (Å²) in [5.41, 5.74) is 4.87. The molecule has 0 aliphatic carbocycles. The van der Waals surface area contributed by atoms with Gasteiger partial charge in [-0.3, -0.25) is 0 Å². The molecule has 0 amide bonds. The number of aromatic nitrogens is 2. The summed E-state index contributed by atoms with van der Waals surface area (Å²) in [6, 6.07) is 10.1. The van der Waals surface area contributed by atoms with Gasteiger partial charge in [-0.15, -0.1) is 0 Å². The van der Waals surface area contributed by atoms with Crippen molar-refractivity contribution in [2.24, 2.45) is 5.84 Å². The van der Waals surface area contributed by atoms with Gasteiger partial charge in [0.2, 0.25) is 0 Å². The van der Waals surface area contributed by atoms with E-state index in [4.69, 9.17) is 5.84 Å². The van der Waals surface area contributed by atoms with Crippen LogP contribution < -0.4 is 16.6 Å². The summed E-state index contributed by atoms with van der Waals surface area (Å²) in [6.07, 6.45) is 2.26. The molecule has 0 atom stereocenters. The lowest BCUT2D eigenvalue weighted by molar-refractivity contribution is 0.922. The van der Waals surface area contributed by atoms with Crippen LogP contribution in [0.3, 0.4) is 0 Å². The first kappa shape index (κ1) is 13.3. The summed E-state index contributed by atoms with van der Waals surface area (Å²) < 4.78 is 0. The van der Waals surface area contributed by atoms with Crippen LogP contribution in [0.5, 0.6) is 0 Å². The van der Waals surface area contributed by atoms with Crippen LogP contribution in [0.4, 0.5) is 17.3 Å². The fourth-order valence-corrected chi connectivity index (χ4v) is 1.90. The number of anilines is 3. The Morgan fingerprint density at radius 3 is 2.42 bits per heavy atom. The molecule has 0 spiro atoms. The van der Waals surface area contributed by atoms with Gasteiger partial charge in [0.05, 0.1) is 0 Å². The zero-order chi connectivity index (χ0) is 13.7. The Kier molecular flexibility index (Phi) is 4.30. The molecule has 0 saturated heterocycles. The Labute approximate surface area is 113 Å². The van der Waals surface area contributed by atoms with Crippen LogP contribution in [0, 0.1) is 6.92 Å². The number of benzene rings is 1. The van der Waals surface area contributed by atoms with Crippen molar-refractivity contribution in [2.75, 3.05) is 10.7 Å². The van der Waals surface area contributed by atoms with E-state index < -0.39 is 0 Å². The lowest BCUT2D eigenvalue weighted by atomic mass is 10.1. The molecular formula is C14H19N5. The van der Waals surface area contributed by atoms with Crippen LogP contribution in [0.1, 0.15) is 24.7 Å². The molecule has 100 valence electrons. The van der Waals surface area contributed by atoms with Crippen LogP contribution in [0.2, 0.25) is 0 Å². The van der Waals surface area contributed by atoms with Crippen molar-refractivity contribution < 1.29 is 0 Å². The third-order valence-corrected chi connectivity index (χ3v) is 2.75. The summed E-state index contributed by atoms with van der Waals surface area (Å²) >= 11 is 0. The molecule has 1 heterocycles. The zero-order valence-electron chi connectivity index (χ0n) is 11.3. The zero-order valence-corrected chi connectivity index (χ0v) is 11.3. The Morgan fingerprint density at radius 1 is 1.11 bits per heavy atom. The molecule has 0 aliphatic rings. The molecule has 0 saturated carbocycles. The van der Waals surface area contributed by atoms with Crippen LogP contribution in [0.25, 0.3) is 0 Å². The van der Waals surface area contributed by atoms with Gasteiger partial charge in [-0.2, -0.15) is 0 Å². The second-order valence-electron chi connectivity index (χ2n) is 4.40. The third-order valence-electron chi connectivity index (χ3n) is 2.75. The maximum atomic E-state index is 5.37. The van der Waals surface area contributed by atoms with Crippen molar-refractivity contribution in [3.8, 4) is 0 Å². The molecule has 0 radical (unpaired) electrons. The van der Waals surface area contributed by atoms with Gasteiger partial charge in [-0.05, 0) is 31.0 Å². The van der Waals surface area contributed by atoms with E-state index in [0.29, 0.717) is 11.6 Å². The Balaban J connectivity index is 2.14. The molecule has 2 aromatic rings. The molecule has 0 unspecified atom stereocenters. The van der Waals surface area contributed by atoms with Crippen LogP contribution in [-0.4, -0.2) is 9.97 Å². The van der Waals surface area contributed by atoms with E-state index in [-0.39, 0.29) is 0 Å². The first-order valence-electron chi connectivity index (χ1n) is 6.39. The molecule has 0 aliphatic heterocycles. The molecule has 1 aromatic carbocycles. The predicted molar refractivity (Wildman–Crippen MR) is 78.3 cm³/mol. The molecule has 5 nitrogen and oxygen atoms in total. The van der Waals surface area contributed by atoms with Crippen molar-refractivity contribution in [1.29, 1.82) is 0 Å². The average Bonchev–Trinajstić information content (AvgIpc) is 2.40. The minimum absolute atomic E-state index is 0.595. The standard InChI is InChI=1S/C14H19N5/c1-3-4-11-5-7-12(8-6-11)18-13-9-14(19-15)17-10(2)16-13/h5-9H,3-4,15H2,1-2H3,(H2,16,17,18,19). The van der Waals surface area contributed by atoms with Crippen LogP contribution in [0.15, 0.2) is 30.3 Å². The minimum atomic E-state index is 0.595. The molecular weight excluding hydrogens is 238 g/mol. The maximum absolute atomic E-state index is 5.37. The predicted octanol–water partition coefficient (Wildman–Crippen LogP) is 2.77. The van der Waals surface area contributed by atoms with E-state index in [2.05, 4.69) is 51.9 Å². The van der Waals surface area contributed by atoms with Gasteiger partial charge >= 0.3 is 0 Å². The van der Waals surface area contributed by atoms with E-state index in [0.717, 1.165) is 24.3 Å². The summed E-state index contributed by atoms with van der Waals surface area (Å²) in [5.74, 6) is 7.35. The lowest BCUT2D eigenvalue weighted by Crippen LogP contribution is -2.10. The van der Waals surface area contributed by atoms with E-state index in [1.54, 1.807) is 6.07 Å². The average molecular weight is 257 g/mol. The Bertz CT molecular complexity index is 536. The van der Waals surface area contributed by atoms with Crippen molar-refractivity contribution in [1.82, 2.24) is 9.97 Å². The molecule has 0 bridgehead atoms. The first-order chi connectivity index (χ1) is 9.21. The highest BCUT2D eigenvalue weighted by molar-refractivity contribution is 5.59. The smallest absolute Gasteiger partial charge is 0.145 e. The van der Waals surface area contributed by atoms with Gasteiger partial charge in [0.15, 0.2) is 0 Å².